The topological polar surface area (TPSA) is 88.0 Å². The van der Waals surface area contributed by atoms with Gasteiger partial charge < -0.3 is 10.2 Å². The summed E-state index contributed by atoms with van der Waals surface area (Å²) in [5.74, 6) is -14.2. The van der Waals surface area contributed by atoms with Crippen molar-refractivity contribution in [1.29, 1.82) is 10.5 Å². The van der Waals surface area contributed by atoms with Gasteiger partial charge in [0.05, 0.1) is 24.3 Å². The van der Waals surface area contributed by atoms with Crippen LogP contribution in [0, 0.1) is 69.2 Å². The Bertz CT molecular complexity index is 874. The Hall–Kier alpha value is -3.22. The van der Waals surface area contributed by atoms with Crippen molar-refractivity contribution in [1.82, 2.24) is 0 Å². The second-order valence-electron chi connectivity index (χ2n) is 4.76. The summed E-state index contributed by atoms with van der Waals surface area (Å²) in [6.07, 6.45) is 0. The first-order chi connectivity index (χ1) is 13.1. The molecule has 2 aromatic rings. The van der Waals surface area contributed by atoms with Gasteiger partial charge in [0.1, 0.15) is 23.3 Å². The first-order valence-electron chi connectivity index (χ1n) is 6.80. The van der Waals surface area contributed by atoms with Gasteiger partial charge in [0.2, 0.25) is 0 Å². The predicted molar refractivity (Wildman–Crippen MR) is 73.8 cm³/mol. The molecule has 2 N–H and O–H groups in total. The van der Waals surface area contributed by atoms with Crippen LogP contribution in [0.4, 0.5) is 35.1 Å². The summed E-state index contributed by atoms with van der Waals surface area (Å²) in [6.45, 7) is -2.31. The van der Waals surface area contributed by atoms with Crippen molar-refractivity contribution in [2.75, 3.05) is 0 Å². The van der Waals surface area contributed by atoms with Crippen LogP contribution in [-0.2, 0) is 13.2 Å². The number of aliphatic hydroxyl groups is 2. The molecular weight excluding hydrogens is 404 g/mol. The lowest BCUT2D eigenvalue weighted by Crippen LogP contribution is -2.08. The normalized spacial score (nSPS) is 10.0. The van der Waals surface area contributed by atoms with Crippen molar-refractivity contribution in [3.8, 4) is 12.1 Å². The molecule has 0 heterocycles. The van der Waals surface area contributed by atoms with E-state index in [-0.39, 0.29) is 0 Å². The monoisotopic (exact) mass is 410 g/mol. The summed E-state index contributed by atoms with van der Waals surface area (Å²) < 4.78 is 102. The van der Waals surface area contributed by atoms with Gasteiger partial charge in [-0.1, -0.05) is 0 Å². The Labute approximate surface area is 151 Å². The lowest BCUT2D eigenvalue weighted by molar-refractivity contribution is 0.247. The maximum Gasteiger partial charge on any atom is 0.181 e. The number of rotatable bonds is 2. The van der Waals surface area contributed by atoms with Gasteiger partial charge in [-0.05, 0) is 0 Å². The quantitative estimate of drug-likeness (QED) is 0.588. The van der Waals surface area contributed by atoms with Gasteiger partial charge in [0, 0.05) is 0 Å². The lowest BCUT2D eigenvalue weighted by Gasteiger charge is -2.08. The maximum absolute atomic E-state index is 12.8. The van der Waals surface area contributed by atoms with Crippen LogP contribution in [0.25, 0.3) is 0 Å². The fraction of sp³-hybridized carbons (Fsp3) is 0.125. The minimum atomic E-state index is -1.86. The van der Waals surface area contributed by atoms with Crippen LogP contribution in [-0.4, -0.2) is 10.2 Å². The summed E-state index contributed by atoms with van der Waals surface area (Å²) in [6, 6.07) is 1.91. The maximum atomic E-state index is 12.8. The van der Waals surface area contributed by atoms with Crippen molar-refractivity contribution in [2.45, 2.75) is 13.2 Å². The van der Waals surface area contributed by atoms with E-state index in [1.54, 1.807) is 0 Å². The second kappa shape index (κ2) is 9.12. The summed E-state index contributed by atoms with van der Waals surface area (Å²) >= 11 is 0. The van der Waals surface area contributed by atoms with Gasteiger partial charge in [-0.25, -0.2) is 35.1 Å². The van der Waals surface area contributed by atoms with Crippen molar-refractivity contribution < 1.29 is 45.3 Å². The van der Waals surface area contributed by atoms with Crippen LogP contribution in [0.15, 0.2) is 0 Å². The molecule has 0 aliphatic carbocycles. The molecule has 12 heteroatoms. The van der Waals surface area contributed by atoms with Gasteiger partial charge in [-0.15, -0.1) is 0 Å². The zero-order valence-corrected chi connectivity index (χ0v) is 13.2. The molecule has 2 aromatic carbocycles. The molecular formula is C16H6F8N2O2. The molecule has 0 aliphatic rings. The standard InChI is InChI=1S/C8F4N2.C8H6F4O2/c2*9-5-3(1-13)6(10)8(12)4(2-14)7(5)11/h;13-14H,1-2H2. The predicted octanol–water partition coefficient (Wildman–Crippen LogP) is 3.21. The second-order valence-corrected chi connectivity index (χ2v) is 4.76. The molecule has 0 spiro atoms. The molecule has 0 saturated carbocycles. The van der Waals surface area contributed by atoms with Crippen LogP contribution >= 0.6 is 0 Å². The van der Waals surface area contributed by atoms with Crippen LogP contribution in [0.2, 0.25) is 0 Å². The van der Waals surface area contributed by atoms with Gasteiger partial charge in [0.15, 0.2) is 46.5 Å². The molecule has 0 unspecified atom stereocenters. The molecule has 0 amide bonds. The molecule has 0 radical (unpaired) electrons. The molecule has 0 aromatic heterocycles. The number of hydrogen-bond donors (Lipinski definition) is 2. The van der Waals surface area contributed by atoms with E-state index in [9.17, 15) is 35.1 Å². The van der Waals surface area contributed by atoms with Crippen molar-refractivity contribution in [2.24, 2.45) is 0 Å². The Balaban J connectivity index is 0.000000280. The molecule has 0 saturated heterocycles. The fourth-order valence-electron chi connectivity index (χ4n) is 1.83. The highest BCUT2D eigenvalue weighted by molar-refractivity contribution is 5.42. The van der Waals surface area contributed by atoms with Gasteiger partial charge >= 0.3 is 0 Å². The van der Waals surface area contributed by atoms with E-state index in [0.29, 0.717) is 0 Å². The third-order valence-corrected chi connectivity index (χ3v) is 3.25. The molecule has 0 fully saturated rings. The number of halogens is 8. The Morgan fingerprint density at radius 3 is 0.857 bits per heavy atom. The molecule has 0 aliphatic heterocycles. The minimum Gasteiger partial charge on any atom is -0.391 e. The lowest BCUT2D eigenvalue weighted by atomic mass is 10.1. The van der Waals surface area contributed by atoms with Crippen LogP contribution in [0.5, 0.6) is 0 Å². The van der Waals surface area contributed by atoms with E-state index in [1.807, 2.05) is 0 Å². The number of nitrogens with zero attached hydrogens (tertiary/aromatic N) is 2. The number of benzene rings is 2. The van der Waals surface area contributed by atoms with E-state index < -0.39 is 82.0 Å². The summed E-state index contributed by atoms with van der Waals surface area (Å²) in [4.78, 5) is 0. The minimum absolute atomic E-state index is 0.957. The van der Waals surface area contributed by atoms with Gasteiger partial charge in [-0.2, -0.15) is 10.5 Å². The number of aliphatic hydroxyl groups excluding tert-OH is 2. The number of hydrogen-bond acceptors (Lipinski definition) is 4. The van der Waals surface area contributed by atoms with E-state index in [1.165, 1.54) is 0 Å². The average Bonchev–Trinajstić information content (AvgIpc) is 2.67. The summed E-state index contributed by atoms with van der Waals surface area (Å²) in [5.41, 5.74) is -4.92. The SMILES string of the molecule is N#Cc1c(F)c(F)c(C#N)c(F)c1F.OCc1c(F)c(F)c(CO)c(F)c1F. The van der Waals surface area contributed by atoms with Crippen LogP contribution < -0.4 is 0 Å². The first kappa shape index (κ1) is 22.8. The van der Waals surface area contributed by atoms with E-state index >= 15 is 0 Å². The highest BCUT2D eigenvalue weighted by atomic mass is 19.2. The Morgan fingerprint density at radius 2 is 0.714 bits per heavy atom. The van der Waals surface area contributed by atoms with E-state index in [4.69, 9.17) is 20.7 Å². The highest BCUT2D eigenvalue weighted by Crippen LogP contribution is 2.24. The largest absolute Gasteiger partial charge is 0.391 e. The molecule has 4 nitrogen and oxygen atoms in total. The van der Waals surface area contributed by atoms with Gasteiger partial charge in [0.25, 0.3) is 0 Å². The molecule has 148 valence electrons. The summed E-state index contributed by atoms with van der Waals surface area (Å²) in [5, 5.41) is 33.2. The van der Waals surface area contributed by atoms with Crippen molar-refractivity contribution in [3.63, 3.8) is 0 Å². The Kier molecular flexibility index (Phi) is 7.43. The first-order valence-corrected chi connectivity index (χ1v) is 6.80. The van der Waals surface area contributed by atoms with E-state index in [2.05, 4.69) is 0 Å². The van der Waals surface area contributed by atoms with Crippen molar-refractivity contribution >= 4 is 0 Å². The molecule has 2 rings (SSSR count). The fourth-order valence-corrected chi connectivity index (χ4v) is 1.83. The third-order valence-electron chi connectivity index (χ3n) is 3.25. The zero-order chi connectivity index (χ0) is 21.8. The number of nitriles is 2. The van der Waals surface area contributed by atoms with Crippen molar-refractivity contribution in [3.05, 3.63) is 68.8 Å². The molecule has 0 atom stereocenters. The van der Waals surface area contributed by atoms with E-state index in [0.717, 1.165) is 12.1 Å². The van der Waals surface area contributed by atoms with Gasteiger partial charge in [-0.3, -0.25) is 0 Å². The Morgan fingerprint density at radius 1 is 0.500 bits per heavy atom. The molecule has 0 bridgehead atoms. The zero-order valence-electron chi connectivity index (χ0n) is 13.2. The van der Waals surface area contributed by atoms with Crippen LogP contribution in [0.3, 0.4) is 0 Å². The average molecular weight is 410 g/mol. The summed E-state index contributed by atoms with van der Waals surface area (Å²) in [7, 11) is 0. The van der Waals surface area contributed by atoms with Crippen LogP contribution in [0.1, 0.15) is 22.3 Å². The smallest absolute Gasteiger partial charge is 0.181 e. The third kappa shape index (κ3) is 3.88. The highest BCUT2D eigenvalue weighted by Gasteiger charge is 2.25. The molecule has 28 heavy (non-hydrogen) atoms.